The van der Waals surface area contributed by atoms with Gasteiger partial charge in [0, 0.05) is 18.1 Å². The van der Waals surface area contributed by atoms with Gasteiger partial charge in [0.15, 0.2) is 23.7 Å². The van der Waals surface area contributed by atoms with Crippen LogP contribution in [0.1, 0.15) is 101 Å². The van der Waals surface area contributed by atoms with E-state index >= 15 is 0 Å². The Bertz CT molecular complexity index is 1140. The van der Waals surface area contributed by atoms with Crippen molar-refractivity contribution >= 4 is 22.9 Å². The molecule has 0 saturated carbocycles. The second kappa shape index (κ2) is 18.5. The fraction of sp³-hybridized carbons (Fsp3) is 0.529. The minimum absolute atomic E-state index is 0.0667. The van der Waals surface area contributed by atoms with Crippen LogP contribution in [0.5, 0.6) is 11.5 Å². The van der Waals surface area contributed by atoms with E-state index in [1.807, 2.05) is 36.4 Å². The van der Waals surface area contributed by atoms with Gasteiger partial charge in [-0.1, -0.05) is 119 Å². The van der Waals surface area contributed by atoms with Crippen molar-refractivity contribution in [2.24, 2.45) is 0 Å². The van der Waals surface area contributed by atoms with Crippen molar-refractivity contribution in [2.75, 3.05) is 19.0 Å². The number of aryl methyl sites for hydroxylation is 1. The lowest BCUT2D eigenvalue weighted by atomic mass is 10.1. The minimum Gasteiger partial charge on any atom is -0.493 e. The normalized spacial score (nSPS) is 11.0. The van der Waals surface area contributed by atoms with Crippen molar-refractivity contribution in [3.8, 4) is 11.5 Å². The summed E-state index contributed by atoms with van der Waals surface area (Å²) in [5, 5.41) is 5.26. The number of benzene rings is 2. The number of aromatic nitrogens is 1. The number of methoxy groups -OCH3 is 1. The molecule has 0 unspecified atom stereocenters. The van der Waals surface area contributed by atoms with E-state index in [2.05, 4.69) is 40.7 Å². The highest BCUT2D eigenvalue weighted by atomic mass is 32.1. The molecule has 0 radical (unpaired) electrons. The Labute approximate surface area is 245 Å². The van der Waals surface area contributed by atoms with E-state index in [1.54, 1.807) is 18.4 Å². The van der Waals surface area contributed by atoms with E-state index in [-0.39, 0.29) is 12.3 Å². The molecule has 0 aliphatic heterocycles. The Morgan fingerprint density at radius 3 is 2.15 bits per heavy atom. The summed E-state index contributed by atoms with van der Waals surface area (Å²) in [5.74, 6) is 1.29. The Kier molecular flexibility index (Phi) is 14.6. The third-order valence-corrected chi connectivity index (χ3v) is 8.24. The first-order chi connectivity index (χ1) is 19.6. The molecule has 0 aliphatic rings. The average molecular weight is 566 g/mol. The van der Waals surface area contributed by atoms with Gasteiger partial charge in [-0.15, -0.1) is 0 Å². The number of nitrogens with zero attached hydrogens (tertiary/aromatic N) is 1. The topological polar surface area (TPSA) is 51.4 Å². The summed E-state index contributed by atoms with van der Waals surface area (Å²) in [6.07, 6.45) is 16.0. The Hall–Kier alpha value is -2.86. The number of hydrogen-bond donors (Lipinski definition) is 1. The van der Waals surface area contributed by atoms with Gasteiger partial charge in [-0.3, -0.25) is 4.79 Å². The maximum absolute atomic E-state index is 13.1. The number of unbranched alkanes of at least 4 members (excludes halogenated alkanes) is 11. The summed E-state index contributed by atoms with van der Waals surface area (Å²) < 4.78 is 14.0. The molecule has 1 amide bonds. The van der Waals surface area contributed by atoms with Crippen molar-refractivity contribution < 1.29 is 18.8 Å². The van der Waals surface area contributed by atoms with Crippen LogP contribution in [-0.4, -0.2) is 19.6 Å². The maximum Gasteiger partial charge on any atom is 0.228 e. The number of anilines is 1. The van der Waals surface area contributed by atoms with Gasteiger partial charge < -0.3 is 14.8 Å². The number of thiazole rings is 1. The van der Waals surface area contributed by atoms with Crippen LogP contribution in [0.15, 0.2) is 53.4 Å². The van der Waals surface area contributed by atoms with E-state index in [0.29, 0.717) is 18.1 Å². The van der Waals surface area contributed by atoms with Crippen molar-refractivity contribution in [1.82, 2.24) is 0 Å². The Balaban J connectivity index is 1.44. The lowest BCUT2D eigenvalue weighted by molar-refractivity contribution is -0.689. The number of para-hydroxylation sites is 2. The number of carbonyl (C=O) groups excluding carboxylic acids is 1. The molecule has 1 heterocycles. The highest BCUT2D eigenvalue weighted by Gasteiger charge is 2.17. The van der Waals surface area contributed by atoms with Gasteiger partial charge in [0.25, 0.3) is 0 Å². The molecule has 6 heteroatoms. The lowest BCUT2D eigenvalue weighted by Crippen LogP contribution is -2.34. The largest absolute Gasteiger partial charge is 0.493 e. The van der Waals surface area contributed by atoms with Crippen LogP contribution >= 0.6 is 11.3 Å². The quantitative estimate of drug-likeness (QED) is 0.110. The number of carbonyl (C=O) groups is 1. The van der Waals surface area contributed by atoms with E-state index in [0.717, 1.165) is 29.8 Å². The SMILES string of the molecule is CCCCCCCCCCCCCCOc1c(CC(=O)Nc2ccccc2C[n+]2cscc2C)cccc1OC. The average Bonchev–Trinajstić information content (AvgIpc) is 3.36. The van der Waals surface area contributed by atoms with Crippen LogP contribution < -0.4 is 19.4 Å². The zero-order chi connectivity index (χ0) is 28.4. The number of ether oxygens (including phenoxy) is 2. The number of hydrogen-bond acceptors (Lipinski definition) is 4. The van der Waals surface area contributed by atoms with Gasteiger partial charge in [-0.05, 0) is 18.6 Å². The highest BCUT2D eigenvalue weighted by molar-refractivity contribution is 7.07. The van der Waals surface area contributed by atoms with Crippen LogP contribution in [0.3, 0.4) is 0 Å². The van der Waals surface area contributed by atoms with Crippen molar-refractivity contribution in [1.29, 1.82) is 0 Å². The molecule has 0 aliphatic carbocycles. The molecule has 3 aromatic rings. The van der Waals surface area contributed by atoms with Gasteiger partial charge in [0.05, 0.1) is 31.2 Å². The molecule has 0 fully saturated rings. The molecule has 2 aromatic carbocycles. The number of rotatable bonds is 20. The van der Waals surface area contributed by atoms with Crippen LogP contribution in [0, 0.1) is 6.92 Å². The van der Waals surface area contributed by atoms with E-state index in [4.69, 9.17) is 9.47 Å². The summed E-state index contributed by atoms with van der Waals surface area (Å²) >= 11 is 1.68. The Morgan fingerprint density at radius 1 is 0.850 bits per heavy atom. The van der Waals surface area contributed by atoms with Gasteiger partial charge in [0.2, 0.25) is 11.4 Å². The van der Waals surface area contributed by atoms with E-state index < -0.39 is 0 Å². The van der Waals surface area contributed by atoms with Gasteiger partial charge >= 0.3 is 0 Å². The van der Waals surface area contributed by atoms with Crippen molar-refractivity contribution in [3.63, 3.8) is 0 Å². The first kappa shape index (κ1) is 31.7. The Morgan fingerprint density at radius 2 is 1.50 bits per heavy atom. The molecule has 3 rings (SSSR count). The molecular weight excluding hydrogens is 516 g/mol. The first-order valence-corrected chi connectivity index (χ1v) is 16.1. The molecule has 0 bridgehead atoms. The standard InChI is InChI=1S/C34H48N2O3S/c1-4-5-6-7-8-9-10-11-12-13-14-17-23-39-34-29(20-18-22-32(34)38-3)24-33(37)35-31-21-16-15-19-30(31)25-36-27-40-26-28(36)2/h15-16,18-22,26-27H,4-14,17,23-25H2,1-3H3/p+1. The summed E-state index contributed by atoms with van der Waals surface area (Å²) in [5.41, 5.74) is 6.07. The third-order valence-electron chi connectivity index (χ3n) is 7.39. The predicted molar refractivity (Wildman–Crippen MR) is 167 cm³/mol. The second-order valence-electron chi connectivity index (χ2n) is 10.7. The molecule has 0 atom stereocenters. The molecule has 1 aromatic heterocycles. The first-order valence-electron chi connectivity index (χ1n) is 15.2. The monoisotopic (exact) mass is 565 g/mol. The summed E-state index contributed by atoms with van der Waals surface area (Å²) in [7, 11) is 1.65. The molecular formula is C34H49N2O3S+. The van der Waals surface area contributed by atoms with Crippen molar-refractivity contribution in [3.05, 3.63) is 70.2 Å². The molecule has 0 saturated heterocycles. The number of amides is 1. The third kappa shape index (κ3) is 11.0. The van der Waals surface area contributed by atoms with E-state index in [1.165, 1.54) is 76.3 Å². The van der Waals surface area contributed by atoms with E-state index in [9.17, 15) is 4.79 Å². The van der Waals surface area contributed by atoms with Gasteiger partial charge in [-0.2, -0.15) is 4.57 Å². The summed E-state index contributed by atoms with van der Waals surface area (Å²) in [6.45, 7) is 5.72. The maximum atomic E-state index is 13.1. The fourth-order valence-electron chi connectivity index (χ4n) is 4.99. The zero-order valence-corrected chi connectivity index (χ0v) is 25.7. The van der Waals surface area contributed by atoms with Crippen LogP contribution in [0.4, 0.5) is 5.69 Å². The zero-order valence-electron chi connectivity index (χ0n) is 24.9. The fourth-order valence-corrected chi connectivity index (χ4v) is 5.77. The summed E-state index contributed by atoms with van der Waals surface area (Å²) in [4.78, 5) is 13.1. The highest BCUT2D eigenvalue weighted by Crippen LogP contribution is 2.32. The smallest absolute Gasteiger partial charge is 0.228 e. The molecule has 40 heavy (non-hydrogen) atoms. The lowest BCUT2D eigenvalue weighted by Gasteiger charge is -2.15. The van der Waals surface area contributed by atoms with Crippen LogP contribution in [-0.2, 0) is 17.8 Å². The van der Waals surface area contributed by atoms with Crippen LogP contribution in [0.25, 0.3) is 0 Å². The molecule has 5 nitrogen and oxygen atoms in total. The predicted octanol–water partition coefficient (Wildman–Crippen LogP) is 8.66. The van der Waals surface area contributed by atoms with Crippen LogP contribution in [0.2, 0.25) is 0 Å². The van der Waals surface area contributed by atoms with Gasteiger partial charge in [0.1, 0.15) is 0 Å². The molecule has 218 valence electrons. The van der Waals surface area contributed by atoms with Crippen molar-refractivity contribution in [2.45, 2.75) is 104 Å². The summed E-state index contributed by atoms with van der Waals surface area (Å²) in [6, 6.07) is 13.8. The second-order valence-corrected chi connectivity index (χ2v) is 11.4. The molecule has 0 spiro atoms. The minimum atomic E-state index is -0.0667. The molecule has 1 N–H and O–H groups in total. The van der Waals surface area contributed by atoms with Gasteiger partial charge in [-0.25, -0.2) is 0 Å². The number of nitrogens with one attached hydrogen (secondary N) is 1.